The first kappa shape index (κ1) is 15.3. The lowest BCUT2D eigenvalue weighted by atomic mass is 9.80. The summed E-state index contributed by atoms with van der Waals surface area (Å²) >= 11 is 0. The van der Waals surface area contributed by atoms with E-state index in [2.05, 4.69) is 4.98 Å². The first-order valence-electron chi connectivity index (χ1n) is 7.15. The second kappa shape index (κ2) is 5.10. The quantitative estimate of drug-likeness (QED) is 0.651. The lowest BCUT2D eigenvalue weighted by Gasteiger charge is -2.55. The molecule has 4 heterocycles. The summed E-state index contributed by atoms with van der Waals surface area (Å²) < 4.78 is 34.3. The fourth-order valence-electron chi connectivity index (χ4n) is 3.27. The van der Waals surface area contributed by atoms with Crippen LogP contribution in [0.2, 0.25) is 0 Å². The van der Waals surface area contributed by atoms with Gasteiger partial charge in [0.1, 0.15) is 24.0 Å². The molecule has 0 saturated carbocycles. The van der Waals surface area contributed by atoms with Gasteiger partial charge in [-0.25, -0.2) is 9.36 Å². The highest BCUT2D eigenvalue weighted by molar-refractivity contribution is 7.47. The Bertz CT molecular complexity index is 784. The molecule has 1 aromatic rings. The Morgan fingerprint density at radius 1 is 1.43 bits per heavy atom. The van der Waals surface area contributed by atoms with Crippen molar-refractivity contribution in [2.75, 3.05) is 13.2 Å². The van der Waals surface area contributed by atoms with Crippen LogP contribution in [-0.2, 0) is 23.1 Å². The van der Waals surface area contributed by atoms with Crippen LogP contribution >= 0.6 is 7.82 Å². The number of hydrogen-bond acceptors (Lipinski definition) is 7. The molecular weight excluding hydrogens is 331 g/mol. The third kappa shape index (κ3) is 2.51. The number of ether oxygens (including phenoxy) is 2. The van der Waals surface area contributed by atoms with Crippen LogP contribution in [0.15, 0.2) is 21.9 Å². The minimum atomic E-state index is -4.12. The third-order valence-electron chi connectivity index (χ3n) is 4.43. The van der Waals surface area contributed by atoms with Crippen molar-refractivity contribution in [1.29, 1.82) is 0 Å². The lowest BCUT2D eigenvalue weighted by Crippen LogP contribution is -2.65. The van der Waals surface area contributed by atoms with Gasteiger partial charge in [-0.1, -0.05) is 0 Å². The number of aromatic nitrogens is 2. The minimum absolute atomic E-state index is 0.141. The number of hydrogen-bond donors (Lipinski definition) is 2. The summed E-state index contributed by atoms with van der Waals surface area (Å²) in [4.78, 5) is 34.8. The van der Waals surface area contributed by atoms with Gasteiger partial charge in [-0.15, -0.1) is 0 Å². The second-order valence-electron chi connectivity index (χ2n) is 5.80. The topological polar surface area (TPSA) is 129 Å². The van der Waals surface area contributed by atoms with Crippen LogP contribution in [0.4, 0.5) is 0 Å². The van der Waals surface area contributed by atoms with Crippen LogP contribution in [0.5, 0.6) is 0 Å². The maximum Gasteiger partial charge on any atom is 0.472 e. The van der Waals surface area contributed by atoms with E-state index in [1.807, 2.05) is 0 Å². The molecule has 0 aliphatic carbocycles. The number of nitrogens with zero attached hydrogens (tertiary/aromatic N) is 1. The number of phosphoric acid groups is 1. The molecule has 3 aliphatic rings. The fraction of sp³-hybridized carbons (Fsp3) is 0.667. The van der Waals surface area contributed by atoms with Crippen LogP contribution in [0.3, 0.4) is 0 Å². The van der Waals surface area contributed by atoms with E-state index in [0.29, 0.717) is 13.0 Å². The molecule has 1 unspecified atom stereocenters. The Morgan fingerprint density at radius 2 is 2.22 bits per heavy atom. The zero-order valence-electron chi connectivity index (χ0n) is 11.9. The van der Waals surface area contributed by atoms with Crippen LogP contribution < -0.4 is 11.2 Å². The normalized spacial score (nSPS) is 42.9. The summed E-state index contributed by atoms with van der Waals surface area (Å²) in [5.41, 5.74) is -1.90. The van der Waals surface area contributed by atoms with Crippen molar-refractivity contribution >= 4 is 7.82 Å². The lowest BCUT2D eigenvalue weighted by molar-refractivity contribution is -0.303. The van der Waals surface area contributed by atoms with Gasteiger partial charge in [-0.3, -0.25) is 23.4 Å². The monoisotopic (exact) mass is 346 g/mol. The van der Waals surface area contributed by atoms with Gasteiger partial charge in [0.2, 0.25) is 0 Å². The molecule has 0 amide bonds. The van der Waals surface area contributed by atoms with Gasteiger partial charge >= 0.3 is 13.5 Å². The molecule has 1 spiro atoms. The van der Waals surface area contributed by atoms with E-state index in [-0.39, 0.29) is 13.0 Å². The molecule has 3 saturated heterocycles. The van der Waals surface area contributed by atoms with E-state index >= 15 is 0 Å². The van der Waals surface area contributed by atoms with Crippen LogP contribution in [-0.4, -0.2) is 45.5 Å². The average molecular weight is 346 g/mol. The molecule has 5 atom stereocenters. The van der Waals surface area contributed by atoms with E-state index in [9.17, 15) is 19.0 Å². The van der Waals surface area contributed by atoms with Gasteiger partial charge < -0.3 is 14.4 Å². The molecule has 126 valence electrons. The Balaban J connectivity index is 1.67. The molecule has 0 aromatic carbocycles. The van der Waals surface area contributed by atoms with Crippen molar-refractivity contribution in [1.82, 2.24) is 9.55 Å². The SMILES string of the molecule is O=c1ccn([C@H]2C[C@@]3(CCO3)[C@@H]3OP(=O)(O)OC[C@H]3O2)c(=O)[nH]1. The van der Waals surface area contributed by atoms with E-state index in [1.165, 1.54) is 16.8 Å². The van der Waals surface area contributed by atoms with Crippen molar-refractivity contribution in [2.45, 2.75) is 36.9 Å². The number of rotatable bonds is 1. The van der Waals surface area contributed by atoms with Gasteiger partial charge in [0.15, 0.2) is 0 Å². The standard InChI is InChI=1S/C12H15N2O8P/c15-8-1-3-14(11(16)13-8)9-5-12(2-4-19-12)10-7(21-9)6-20-23(17,18)22-10/h1,3,7,9-10H,2,4-6H2,(H,17,18)(H,13,15,16)/t7-,9-,10-,12+/m1/s1. The number of fused-ring (bicyclic) bond motifs is 2. The summed E-state index contributed by atoms with van der Waals surface area (Å²) in [5.74, 6) is 0. The highest BCUT2D eigenvalue weighted by Gasteiger charge is 2.60. The van der Waals surface area contributed by atoms with E-state index in [0.717, 1.165) is 0 Å². The largest absolute Gasteiger partial charge is 0.472 e. The molecule has 1 aromatic heterocycles. The van der Waals surface area contributed by atoms with Gasteiger partial charge in [-0.05, 0) is 0 Å². The summed E-state index contributed by atoms with van der Waals surface area (Å²) in [7, 11) is -4.12. The van der Waals surface area contributed by atoms with Crippen LogP contribution in [0.1, 0.15) is 19.1 Å². The predicted molar refractivity (Wildman–Crippen MR) is 73.8 cm³/mol. The molecular formula is C12H15N2O8P. The smallest absolute Gasteiger partial charge is 0.372 e. The number of nitrogens with one attached hydrogen (secondary N) is 1. The Kier molecular flexibility index (Phi) is 3.38. The summed E-state index contributed by atoms with van der Waals surface area (Å²) in [6.07, 6.45) is 0.147. The summed E-state index contributed by atoms with van der Waals surface area (Å²) in [6.45, 7) is 0.356. The highest BCUT2D eigenvalue weighted by atomic mass is 31.2. The van der Waals surface area contributed by atoms with Crippen LogP contribution in [0, 0.1) is 0 Å². The van der Waals surface area contributed by atoms with Crippen LogP contribution in [0.25, 0.3) is 0 Å². The first-order chi connectivity index (χ1) is 10.9. The maximum atomic E-state index is 12.0. The molecule has 3 aliphatic heterocycles. The molecule has 0 bridgehead atoms. The molecule has 10 nitrogen and oxygen atoms in total. The van der Waals surface area contributed by atoms with E-state index in [4.69, 9.17) is 18.5 Å². The minimum Gasteiger partial charge on any atom is -0.372 e. The molecule has 23 heavy (non-hydrogen) atoms. The van der Waals surface area contributed by atoms with Gasteiger partial charge in [0.25, 0.3) is 5.56 Å². The maximum absolute atomic E-state index is 12.0. The van der Waals surface area contributed by atoms with Crippen molar-refractivity contribution in [3.63, 3.8) is 0 Å². The summed E-state index contributed by atoms with van der Waals surface area (Å²) in [5, 5.41) is 0. The zero-order valence-corrected chi connectivity index (χ0v) is 12.8. The van der Waals surface area contributed by atoms with Crippen molar-refractivity contribution in [3.05, 3.63) is 33.1 Å². The Labute approximate surface area is 129 Å². The number of phosphoric ester groups is 1. The Hall–Kier alpha value is -1.29. The zero-order chi connectivity index (χ0) is 16.2. The van der Waals surface area contributed by atoms with Gasteiger partial charge in [0, 0.05) is 25.1 Å². The molecule has 2 N–H and O–H groups in total. The molecule has 3 fully saturated rings. The number of H-pyrrole nitrogens is 1. The van der Waals surface area contributed by atoms with Crippen molar-refractivity contribution in [2.24, 2.45) is 0 Å². The molecule has 11 heteroatoms. The summed E-state index contributed by atoms with van der Waals surface area (Å²) in [6, 6.07) is 1.22. The molecule has 0 radical (unpaired) electrons. The second-order valence-corrected chi connectivity index (χ2v) is 7.21. The number of aromatic amines is 1. The van der Waals surface area contributed by atoms with E-state index in [1.54, 1.807) is 0 Å². The van der Waals surface area contributed by atoms with Crippen molar-refractivity contribution in [3.8, 4) is 0 Å². The predicted octanol–water partition coefficient (Wildman–Crippen LogP) is -0.501. The fourth-order valence-corrected chi connectivity index (χ4v) is 4.28. The highest BCUT2D eigenvalue weighted by Crippen LogP contribution is 2.56. The van der Waals surface area contributed by atoms with Crippen molar-refractivity contribution < 1.29 is 28.0 Å². The van der Waals surface area contributed by atoms with Gasteiger partial charge in [-0.2, -0.15) is 0 Å². The average Bonchev–Trinajstić information content (AvgIpc) is 2.44. The first-order valence-corrected chi connectivity index (χ1v) is 8.65. The molecule has 4 rings (SSSR count). The van der Waals surface area contributed by atoms with Gasteiger partial charge in [0.05, 0.1) is 13.2 Å². The Morgan fingerprint density at radius 3 is 2.87 bits per heavy atom. The van der Waals surface area contributed by atoms with E-state index < -0.39 is 43.1 Å². The third-order valence-corrected chi connectivity index (χ3v) is 5.40.